The van der Waals surface area contributed by atoms with Crippen LogP contribution in [0.25, 0.3) is 0 Å². The molecule has 10 heteroatoms. The Bertz CT molecular complexity index is 1080. The van der Waals surface area contributed by atoms with E-state index in [1.807, 2.05) is 0 Å². The van der Waals surface area contributed by atoms with Gasteiger partial charge in [0.05, 0.1) is 37.0 Å². The first kappa shape index (κ1) is 24.0. The van der Waals surface area contributed by atoms with Crippen molar-refractivity contribution < 1.29 is 28.2 Å². The van der Waals surface area contributed by atoms with Gasteiger partial charge in [0.2, 0.25) is 10.0 Å². The molecule has 2 N–H and O–H groups in total. The first-order valence-corrected chi connectivity index (χ1v) is 11.7. The van der Waals surface area contributed by atoms with Gasteiger partial charge in [-0.05, 0) is 31.0 Å². The number of carbonyl (C=O) groups is 1. The highest BCUT2D eigenvalue weighted by atomic mass is 32.2. The number of ketones is 1. The van der Waals surface area contributed by atoms with Gasteiger partial charge in [0.25, 0.3) is 0 Å². The summed E-state index contributed by atoms with van der Waals surface area (Å²) in [5.74, 6) is -0.165. The molecule has 0 aliphatic carbocycles. The van der Waals surface area contributed by atoms with Crippen LogP contribution < -0.4 is 0 Å². The maximum Gasteiger partial charge on any atom is 0.243 e. The van der Waals surface area contributed by atoms with Crippen LogP contribution in [-0.4, -0.2) is 72.8 Å². The number of hydrogen-bond acceptors (Lipinski definition) is 8. The number of sulfonamides is 1. The highest BCUT2D eigenvalue weighted by molar-refractivity contribution is 7.89. The molecular weight excluding hydrogens is 434 g/mol. The standard InChI is InChI=1S/C22H27N3O6S/c1-16-22(28)21(18(15-26)12-24-16)14-23-13-19(27)5-2-17-3-6-20(7-4-17)32(29,30)25-8-10-31-11-9-25/h3-4,6-7,12,14,26,28H,2,5,8-11,13,15H2,1H3. The summed E-state index contributed by atoms with van der Waals surface area (Å²) in [4.78, 5) is 20.5. The minimum absolute atomic E-state index is 0.0603. The number of hydrogen-bond donors (Lipinski definition) is 2. The average molecular weight is 462 g/mol. The Balaban J connectivity index is 1.54. The van der Waals surface area contributed by atoms with Crippen molar-refractivity contribution >= 4 is 22.0 Å². The molecule has 0 saturated carbocycles. The number of nitrogens with zero attached hydrogens (tertiary/aromatic N) is 3. The third-order valence-electron chi connectivity index (χ3n) is 5.24. The van der Waals surface area contributed by atoms with Crippen molar-refractivity contribution in [2.75, 3.05) is 32.8 Å². The number of Topliss-reactive ketones (excluding diaryl/α,β-unsaturated/α-hetero) is 1. The van der Waals surface area contributed by atoms with E-state index in [-0.39, 0.29) is 36.0 Å². The van der Waals surface area contributed by atoms with E-state index in [2.05, 4.69) is 9.98 Å². The van der Waals surface area contributed by atoms with Crippen molar-refractivity contribution in [3.63, 3.8) is 0 Å². The normalized spacial score (nSPS) is 15.3. The molecule has 0 radical (unpaired) electrons. The molecule has 1 aliphatic heterocycles. The molecule has 2 aromatic rings. The van der Waals surface area contributed by atoms with E-state index in [1.54, 1.807) is 31.2 Å². The Morgan fingerprint density at radius 3 is 2.59 bits per heavy atom. The van der Waals surface area contributed by atoms with Crippen LogP contribution in [0.1, 0.15) is 28.8 Å². The van der Waals surface area contributed by atoms with Crippen molar-refractivity contribution in [2.24, 2.45) is 4.99 Å². The molecule has 1 saturated heterocycles. The van der Waals surface area contributed by atoms with Crippen LogP contribution in [0.15, 0.2) is 40.4 Å². The number of pyridine rings is 1. The molecule has 0 atom stereocenters. The molecule has 1 aliphatic rings. The summed E-state index contributed by atoms with van der Waals surface area (Å²) in [6, 6.07) is 6.56. The number of carbonyl (C=O) groups excluding carboxylic acids is 1. The summed E-state index contributed by atoms with van der Waals surface area (Å²) in [6.07, 6.45) is 3.55. The van der Waals surface area contributed by atoms with Crippen LogP contribution in [0, 0.1) is 6.92 Å². The lowest BCUT2D eigenvalue weighted by atomic mass is 10.1. The fraction of sp³-hybridized carbons (Fsp3) is 0.409. The van der Waals surface area contributed by atoms with Gasteiger partial charge in [-0.3, -0.25) is 14.8 Å². The smallest absolute Gasteiger partial charge is 0.243 e. The van der Waals surface area contributed by atoms with Crippen LogP contribution in [0.3, 0.4) is 0 Å². The molecule has 32 heavy (non-hydrogen) atoms. The minimum Gasteiger partial charge on any atom is -0.505 e. The van der Waals surface area contributed by atoms with E-state index in [4.69, 9.17) is 4.74 Å². The molecule has 2 heterocycles. The van der Waals surface area contributed by atoms with Gasteiger partial charge >= 0.3 is 0 Å². The SMILES string of the molecule is Cc1ncc(CO)c(C=NCC(=O)CCc2ccc(S(=O)(=O)N3CCOCC3)cc2)c1O. The Morgan fingerprint density at radius 1 is 1.25 bits per heavy atom. The highest BCUT2D eigenvalue weighted by Gasteiger charge is 2.26. The van der Waals surface area contributed by atoms with Gasteiger partial charge < -0.3 is 14.9 Å². The van der Waals surface area contributed by atoms with Gasteiger partial charge in [-0.15, -0.1) is 0 Å². The second-order valence-electron chi connectivity index (χ2n) is 7.46. The molecular formula is C22H27N3O6S. The monoisotopic (exact) mass is 461 g/mol. The largest absolute Gasteiger partial charge is 0.505 e. The van der Waals surface area contributed by atoms with Gasteiger partial charge in [-0.2, -0.15) is 4.31 Å². The predicted molar refractivity (Wildman–Crippen MR) is 118 cm³/mol. The molecule has 172 valence electrons. The van der Waals surface area contributed by atoms with Crippen molar-refractivity contribution in [2.45, 2.75) is 31.3 Å². The summed E-state index contributed by atoms with van der Waals surface area (Å²) in [5, 5.41) is 19.5. The number of morpholine rings is 1. The van der Waals surface area contributed by atoms with Crippen LogP contribution >= 0.6 is 0 Å². The van der Waals surface area contributed by atoms with Gasteiger partial charge in [0.1, 0.15) is 5.75 Å². The maximum atomic E-state index is 12.7. The quantitative estimate of drug-likeness (QED) is 0.537. The number of benzene rings is 1. The van der Waals surface area contributed by atoms with Gasteiger partial charge in [0.15, 0.2) is 5.78 Å². The number of aromatic hydroxyl groups is 1. The predicted octanol–water partition coefficient (Wildman–Crippen LogP) is 1.23. The molecule has 9 nitrogen and oxygen atoms in total. The van der Waals surface area contributed by atoms with Crippen molar-refractivity contribution in [1.29, 1.82) is 0 Å². The third-order valence-corrected chi connectivity index (χ3v) is 7.15. The minimum atomic E-state index is -3.54. The Hall–Kier alpha value is -2.66. The van der Waals surface area contributed by atoms with Crippen LogP contribution in [0.5, 0.6) is 5.75 Å². The first-order chi connectivity index (χ1) is 15.3. The van der Waals surface area contributed by atoms with Crippen molar-refractivity contribution in [3.8, 4) is 5.75 Å². The van der Waals surface area contributed by atoms with E-state index in [0.717, 1.165) is 5.56 Å². The molecule has 1 aromatic carbocycles. The number of aliphatic imine (C=N–C) groups is 1. The number of aliphatic hydroxyl groups is 1. The van der Waals surface area contributed by atoms with E-state index < -0.39 is 10.0 Å². The summed E-state index contributed by atoms with van der Waals surface area (Å²) >= 11 is 0. The number of rotatable bonds is 9. The van der Waals surface area contributed by atoms with E-state index in [1.165, 1.54) is 16.7 Å². The van der Waals surface area contributed by atoms with E-state index in [9.17, 15) is 23.4 Å². The van der Waals surface area contributed by atoms with E-state index in [0.29, 0.717) is 49.5 Å². The van der Waals surface area contributed by atoms with Crippen LogP contribution in [-0.2, 0) is 32.6 Å². The molecule has 1 fully saturated rings. The van der Waals surface area contributed by atoms with Gasteiger partial charge in [-0.1, -0.05) is 12.1 Å². The zero-order valence-electron chi connectivity index (χ0n) is 17.9. The fourth-order valence-electron chi connectivity index (χ4n) is 3.29. The molecule has 0 amide bonds. The second-order valence-corrected chi connectivity index (χ2v) is 9.40. The summed E-state index contributed by atoms with van der Waals surface area (Å²) in [6.45, 7) is 2.75. The number of aromatic nitrogens is 1. The maximum absolute atomic E-state index is 12.7. The lowest BCUT2D eigenvalue weighted by Gasteiger charge is -2.26. The van der Waals surface area contributed by atoms with Crippen molar-refractivity contribution in [1.82, 2.24) is 9.29 Å². The lowest BCUT2D eigenvalue weighted by Crippen LogP contribution is -2.40. The second kappa shape index (κ2) is 10.8. The molecule has 0 unspecified atom stereocenters. The highest BCUT2D eigenvalue weighted by Crippen LogP contribution is 2.22. The zero-order chi connectivity index (χ0) is 23.1. The molecule has 0 spiro atoms. The number of aliphatic hydroxyl groups excluding tert-OH is 1. The summed E-state index contributed by atoms with van der Waals surface area (Å²) in [7, 11) is -3.54. The van der Waals surface area contributed by atoms with Crippen molar-refractivity contribution in [3.05, 3.63) is 52.8 Å². The van der Waals surface area contributed by atoms with E-state index >= 15 is 0 Å². The first-order valence-electron chi connectivity index (χ1n) is 10.3. The molecule has 3 rings (SSSR count). The lowest BCUT2D eigenvalue weighted by molar-refractivity contribution is -0.117. The third kappa shape index (κ3) is 5.77. The zero-order valence-corrected chi connectivity index (χ0v) is 18.7. The molecule has 1 aromatic heterocycles. The van der Waals surface area contributed by atoms with Gasteiger partial charge in [0, 0.05) is 43.0 Å². The van der Waals surface area contributed by atoms with Gasteiger partial charge in [-0.25, -0.2) is 8.42 Å². The summed E-state index contributed by atoms with van der Waals surface area (Å²) < 4.78 is 31.9. The fourth-order valence-corrected chi connectivity index (χ4v) is 4.70. The van der Waals surface area contributed by atoms with Crippen LogP contribution in [0.4, 0.5) is 0 Å². The molecule has 0 bridgehead atoms. The Kier molecular flexibility index (Phi) is 8.08. The average Bonchev–Trinajstić information content (AvgIpc) is 2.81. The topological polar surface area (TPSA) is 129 Å². The Morgan fingerprint density at radius 2 is 1.94 bits per heavy atom. The number of aryl methyl sites for hydroxylation is 2. The Labute approximate surface area is 187 Å². The van der Waals surface area contributed by atoms with Crippen LogP contribution in [0.2, 0.25) is 0 Å². The summed E-state index contributed by atoms with van der Waals surface area (Å²) in [5.41, 5.74) is 2.04. The number of ether oxygens (including phenoxy) is 1.